The number of ether oxygens (including phenoxy) is 2. The Bertz CT molecular complexity index is 1130. The van der Waals surface area contributed by atoms with Gasteiger partial charge in [0.05, 0.1) is 18.9 Å². The van der Waals surface area contributed by atoms with Gasteiger partial charge in [-0.25, -0.2) is 15.0 Å². The van der Waals surface area contributed by atoms with Gasteiger partial charge < -0.3 is 19.9 Å². The van der Waals surface area contributed by atoms with Crippen molar-refractivity contribution in [2.24, 2.45) is 5.10 Å². The van der Waals surface area contributed by atoms with Crippen molar-refractivity contribution in [3.05, 3.63) is 87.9 Å². The summed E-state index contributed by atoms with van der Waals surface area (Å²) >= 11 is 3.33. The van der Waals surface area contributed by atoms with Gasteiger partial charge in [-0.2, -0.15) is 5.10 Å². The van der Waals surface area contributed by atoms with E-state index < -0.39 is 12.0 Å². The van der Waals surface area contributed by atoms with Crippen molar-refractivity contribution >= 4 is 39.8 Å². The van der Waals surface area contributed by atoms with Crippen molar-refractivity contribution in [1.82, 2.24) is 5.43 Å². The van der Waals surface area contributed by atoms with Crippen LogP contribution >= 0.6 is 15.9 Å². The smallest absolute Gasteiger partial charge is 0.339 e. The first-order valence-electron chi connectivity index (χ1n) is 9.43. The maximum atomic E-state index is 11.9. The highest BCUT2D eigenvalue weighted by molar-refractivity contribution is 9.10. The number of anilines is 1. The first-order valence-corrected chi connectivity index (χ1v) is 10.2. The van der Waals surface area contributed by atoms with Gasteiger partial charge in [0.2, 0.25) is 0 Å². The van der Waals surface area contributed by atoms with E-state index in [2.05, 4.69) is 31.8 Å². The van der Waals surface area contributed by atoms with Crippen LogP contribution in [0.5, 0.6) is 11.5 Å². The van der Waals surface area contributed by atoms with Crippen LogP contribution in [-0.2, 0) is 6.61 Å². The van der Waals surface area contributed by atoms with Crippen molar-refractivity contribution in [1.29, 1.82) is 0 Å². The van der Waals surface area contributed by atoms with Gasteiger partial charge in [0, 0.05) is 10.2 Å². The van der Waals surface area contributed by atoms with E-state index in [1.165, 1.54) is 19.4 Å². The molecule has 0 saturated heterocycles. The third kappa shape index (κ3) is 6.58. The van der Waals surface area contributed by atoms with Gasteiger partial charge in [0.25, 0.3) is 0 Å². The van der Waals surface area contributed by atoms with Gasteiger partial charge in [0.1, 0.15) is 6.61 Å². The summed E-state index contributed by atoms with van der Waals surface area (Å²) in [4.78, 5) is 23.0. The summed E-state index contributed by atoms with van der Waals surface area (Å²) in [6, 6.07) is 18.4. The van der Waals surface area contributed by atoms with Crippen molar-refractivity contribution < 1.29 is 24.2 Å². The first kappa shape index (κ1) is 22.8. The number of nitrogens with zero attached hydrogens (tertiary/aromatic N) is 1. The number of halogens is 1. The van der Waals surface area contributed by atoms with Crippen molar-refractivity contribution in [3.63, 3.8) is 0 Å². The number of methoxy groups -OCH3 is 1. The van der Waals surface area contributed by atoms with Gasteiger partial charge in [-0.3, -0.25) is 0 Å². The first-order chi connectivity index (χ1) is 15.4. The molecule has 164 valence electrons. The number of hydrazone groups is 1. The molecule has 0 radical (unpaired) electrons. The number of carbonyl (C=O) groups excluding carboxylic acids is 1. The second-order valence-electron chi connectivity index (χ2n) is 6.54. The molecule has 3 rings (SSSR count). The lowest BCUT2D eigenvalue weighted by molar-refractivity contribution is 0.0696. The Kier molecular flexibility index (Phi) is 7.82. The fraction of sp³-hybridized carbons (Fsp3) is 0.0870. The average molecular weight is 498 g/mol. The maximum absolute atomic E-state index is 11.9. The van der Waals surface area contributed by atoms with E-state index >= 15 is 0 Å². The third-order valence-electron chi connectivity index (χ3n) is 4.24. The number of amides is 2. The van der Waals surface area contributed by atoms with E-state index in [9.17, 15) is 9.59 Å². The van der Waals surface area contributed by atoms with E-state index in [0.717, 1.165) is 10.0 Å². The molecular formula is C23H20BrN3O5. The summed E-state index contributed by atoms with van der Waals surface area (Å²) < 4.78 is 12.1. The summed E-state index contributed by atoms with van der Waals surface area (Å²) in [7, 11) is 1.51. The van der Waals surface area contributed by atoms with Gasteiger partial charge in [-0.1, -0.05) is 28.1 Å². The molecule has 0 atom stereocenters. The maximum Gasteiger partial charge on any atom is 0.339 e. The highest BCUT2D eigenvalue weighted by Crippen LogP contribution is 2.28. The number of rotatable bonds is 8. The number of benzene rings is 3. The molecule has 9 heteroatoms. The highest BCUT2D eigenvalue weighted by Gasteiger charge is 2.08. The van der Waals surface area contributed by atoms with Crippen LogP contribution < -0.4 is 20.2 Å². The van der Waals surface area contributed by atoms with Gasteiger partial charge in [-0.05, 0) is 65.7 Å². The largest absolute Gasteiger partial charge is 0.493 e. The zero-order valence-corrected chi connectivity index (χ0v) is 18.6. The van der Waals surface area contributed by atoms with Gasteiger partial charge in [0.15, 0.2) is 11.5 Å². The Morgan fingerprint density at radius 1 is 1.06 bits per heavy atom. The van der Waals surface area contributed by atoms with E-state index in [1.807, 2.05) is 12.1 Å². The second kappa shape index (κ2) is 11.0. The number of urea groups is 1. The quantitative estimate of drug-likeness (QED) is 0.303. The van der Waals surface area contributed by atoms with Crippen LogP contribution in [0.1, 0.15) is 21.5 Å². The molecule has 0 aromatic heterocycles. The minimum absolute atomic E-state index is 0.183. The van der Waals surface area contributed by atoms with Crippen LogP contribution in [0.4, 0.5) is 10.5 Å². The number of carboxylic acid groups (broad SMARTS) is 1. The van der Waals surface area contributed by atoms with Crippen LogP contribution in [-0.4, -0.2) is 30.4 Å². The Balaban J connectivity index is 1.58. The molecule has 0 saturated carbocycles. The molecule has 2 amide bonds. The zero-order chi connectivity index (χ0) is 22.9. The van der Waals surface area contributed by atoms with Crippen molar-refractivity contribution in [2.75, 3.05) is 12.4 Å². The third-order valence-corrected chi connectivity index (χ3v) is 4.77. The minimum Gasteiger partial charge on any atom is -0.493 e. The molecule has 3 N–H and O–H groups in total. The predicted molar refractivity (Wildman–Crippen MR) is 125 cm³/mol. The summed E-state index contributed by atoms with van der Waals surface area (Å²) in [6.45, 7) is 0.183. The molecule has 0 fully saturated rings. The summed E-state index contributed by atoms with van der Waals surface area (Å²) in [5.74, 6) is -0.0267. The molecule has 0 heterocycles. The molecule has 8 nitrogen and oxygen atoms in total. The van der Waals surface area contributed by atoms with Gasteiger partial charge >= 0.3 is 12.0 Å². The Labute approximate surface area is 193 Å². The predicted octanol–water partition coefficient (Wildman–Crippen LogP) is 4.89. The Hall–Kier alpha value is -3.85. The van der Waals surface area contributed by atoms with Crippen LogP contribution in [0, 0.1) is 0 Å². The average Bonchev–Trinajstić information content (AvgIpc) is 2.79. The number of hydrogen-bond acceptors (Lipinski definition) is 5. The minimum atomic E-state index is -0.993. The number of aromatic carboxylic acids is 1. The van der Waals surface area contributed by atoms with E-state index in [1.54, 1.807) is 48.5 Å². The molecular weight excluding hydrogens is 478 g/mol. The molecule has 0 aliphatic heterocycles. The molecule has 3 aromatic rings. The topological polar surface area (TPSA) is 109 Å². The monoisotopic (exact) mass is 497 g/mol. The van der Waals surface area contributed by atoms with Gasteiger partial charge in [-0.15, -0.1) is 0 Å². The number of nitrogens with one attached hydrogen (secondary N) is 2. The lowest BCUT2D eigenvalue weighted by atomic mass is 10.1. The molecule has 0 unspecified atom stereocenters. The van der Waals surface area contributed by atoms with Crippen molar-refractivity contribution in [2.45, 2.75) is 6.61 Å². The van der Waals surface area contributed by atoms with E-state index in [4.69, 9.17) is 14.6 Å². The Morgan fingerprint density at radius 2 is 1.84 bits per heavy atom. The molecule has 0 bridgehead atoms. The summed E-state index contributed by atoms with van der Waals surface area (Å²) in [5.41, 5.74) is 4.63. The van der Waals surface area contributed by atoms with Crippen LogP contribution in [0.25, 0.3) is 0 Å². The van der Waals surface area contributed by atoms with E-state index in [-0.39, 0.29) is 12.2 Å². The molecule has 0 aliphatic rings. The molecule has 0 spiro atoms. The lowest BCUT2D eigenvalue weighted by Gasteiger charge is -2.11. The SMILES string of the molecule is COc1cc(/C=N/NC(=O)Nc2ccc(Br)cc2)ccc1OCc1cccc(C(=O)O)c1. The van der Waals surface area contributed by atoms with Crippen molar-refractivity contribution in [3.8, 4) is 11.5 Å². The van der Waals surface area contributed by atoms with Crippen LogP contribution in [0.3, 0.4) is 0 Å². The Morgan fingerprint density at radius 3 is 2.56 bits per heavy atom. The summed E-state index contributed by atoms with van der Waals surface area (Å²) in [6.07, 6.45) is 1.48. The van der Waals surface area contributed by atoms with Crippen LogP contribution in [0.15, 0.2) is 76.3 Å². The number of carboxylic acids is 1. The highest BCUT2D eigenvalue weighted by atomic mass is 79.9. The fourth-order valence-electron chi connectivity index (χ4n) is 2.70. The number of carbonyl (C=O) groups is 2. The fourth-order valence-corrected chi connectivity index (χ4v) is 2.96. The standard InChI is InChI=1S/C23H20BrN3O5/c1-31-21-12-15(13-25-27-23(30)26-19-8-6-18(24)7-9-19)5-10-20(21)32-14-16-3-2-4-17(11-16)22(28)29/h2-13H,14H2,1H3,(H,28,29)(H2,26,27,30)/b25-13+. The zero-order valence-electron chi connectivity index (χ0n) is 17.0. The molecule has 32 heavy (non-hydrogen) atoms. The lowest BCUT2D eigenvalue weighted by Crippen LogP contribution is -2.24. The second-order valence-corrected chi connectivity index (χ2v) is 7.45. The molecule has 0 aliphatic carbocycles. The van der Waals surface area contributed by atoms with E-state index in [0.29, 0.717) is 22.7 Å². The summed E-state index contributed by atoms with van der Waals surface area (Å²) in [5, 5.41) is 15.7. The number of hydrogen-bond donors (Lipinski definition) is 3. The van der Waals surface area contributed by atoms with Crippen LogP contribution in [0.2, 0.25) is 0 Å². The normalized spacial score (nSPS) is 10.6. The molecule has 3 aromatic carbocycles.